The molecule has 0 aliphatic rings. The van der Waals surface area contributed by atoms with Crippen LogP contribution < -0.4 is 0 Å². The van der Waals surface area contributed by atoms with E-state index in [1.165, 1.54) is 25.5 Å². The minimum Gasteiger partial charge on any atom is -0.358 e. The molecule has 26 heavy (non-hydrogen) atoms. The molecule has 0 spiro atoms. The van der Waals surface area contributed by atoms with Gasteiger partial charge in [-0.25, -0.2) is 0 Å². The molecule has 0 unspecified atom stereocenters. The second kappa shape index (κ2) is 14.7. The Hall–Kier alpha value is -1.45. The summed E-state index contributed by atoms with van der Waals surface area (Å²) in [7, 11) is 0. The van der Waals surface area contributed by atoms with Crippen molar-refractivity contribution < 1.29 is 47.1 Å². The van der Waals surface area contributed by atoms with Crippen LogP contribution in [-0.2, 0) is 43.9 Å². The van der Waals surface area contributed by atoms with Gasteiger partial charge in [0.25, 0.3) is 0 Å². The van der Waals surface area contributed by atoms with E-state index in [0.29, 0.717) is 11.1 Å². The zero-order valence-corrected chi connectivity index (χ0v) is 18.6. The standard InChI is InChI=1S/C13H13O3.C8H9.CH3.Y/c1-9(14)6-7-13(16)12-5-3-4-11(8-12)10(2)15;1-2-8-6-4-3-5-7-8;;/h3-4,8H,6-7H2,1-2H3;3-7H,1-2H2;1H3;/q3*-1;+3. The second-order valence-corrected chi connectivity index (χ2v) is 5.41. The number of carbonyl (C=O) groups excluding carboxylic acids is 3. The maximum atomic E-state index is 11.6. The largest absolute Gasteiger partial charge is 3.00 e. The summed E-state index contributed by atoms with van der Waals surface area (Å²) in [5.74, 6) is -0.260. The second-order valence-electron chi connectivity index (χ2n) is 5.41. The molecule has 0 aromatic heterocycles. The average molecular weight is 426 g/mol. The van der Waals surface area contributed by atoms with E-state index in [0.717, 1.165) is 6.42 Å². The van der Waals surface area contributed by atoms with Crippen LogP contribution in [0.25, 0.3) is 0 Å². The average Bonchev–Trinajstić information content (AvgIpc) is 2.61. The molecule has 0 amide bonds. The number of hydrogen-bond acceptors (Lipinski definition) is 3. The molecular formula is C22H25O3Y. The Bertz CT molecular complexity index is 694. The molecule has 0 fully saturated rings. The third kappa shape index (κ3) is 10.5. The quantitative estimate of drug-likeness (QED) is 0.495. The Balaban J connectivity index is 0. The number of hydrogen-bond donors (Lipinski definition) is 0. The van der Waals surface area contributed by atoms with Crippen LogP contribution in [0.2, 0.25) is 0 Å². The number of benzene rings is 2. The summed E-state index contributed by atoms with van der Waals surface area (Å²) in [5.41, 5.74) is 2.16. The number of rotatable bonds is 6. The van der Waals surface area contributed by atoms with E-state index < -0.39 is 0 Å². The van der Waals surface area contributed by atoms with Gasteiger partial charge in [0.1, 0.15) is 11.6 Å². The van der Waals surface area contributed by atoms with Gasteiger partial charge in [0.2, 0.25) is 0 Å². The topological polar surface area (TPSA) is 51.2 Å². The minimum atomic E-state index is -0.154. The van der Waals surface area contributed by atoms with Crippen LogP contribution in [0.1, 0.15) is 53.0 Å². The van der Waals surface area contributed by atoms with Gasteiger partial charge < -0.3 is 23.9 Å². The summed E-state index contributed by atoms with van der Waals surface area (Å²) in [5, 5.41) is 0. The van der Waals surface area contributed by atoms with Crippen LogP contribution in [0.5, 0.6) is 0 Å². The van der Waals surface area contributed by atoms with Crippen LogP contribution in [0.15, 0.2) is 48.5 Å². The predicted octanol–water partition coefficient (Wildman–Crippen LogP) is 4.75. The maximum Gasteiger partial charge on any atom is 3.00 e. The zero-order valence-electron chi connectivity index (χ0n) is 15.7. The molecule has 3 nitrogen and oxygen atoms in total. The van der Waals surface area contributed by atoms with Crippen molar-refractivity contribution in [2.24, 2.45) is 0 Å². The molecule has 134 valence electrons. The van der Waals surface area contributed by atoms with Crippen LogP contribution in [0.3, 0.4) is 0 Å². The summed E-state index contributed by atoms with van der Waals surface area (Å²) in [4.78, 5) is 33.5. The molecule has 0 heterocycles. The first kappa shape index (κ1) is 26.8. The fraction of sp³-hybridized carbons (Fsp3) is 0.227. The Labute approximate surface area is 182 Å². The maximum absolute atomic E-state index is 11.6. The van der Waals surface area contributed by atoms with Gasteiger partial charge in [-0.1, -0.05) is 41.5 Å². The first-order valence-corrected chi connectivity index (χ1v) is 7.82. The van der Waals surface area contributed by atoms with Crippen LogP contribution in [0.4, 0.5) is 0 Å². The summed E-state index contributed by atoms with van der Waals surface area (Å²) >= 11 is 0. The first-order valence-electron chi connectivity index (χ1n) is 7.82. The van der Waals surface area contributed by atoms with Crippen molar-refractivity contribution in [2.45, 2.75) is 33.1 Å². The van der Waals surface area contributed by atoms with Crippen molar-refractivity contribution in [1.29, 1.82) is 0 Å². The van der Waals surface area contributed by atoms with Crippen molar-refractivity contribution in [3.8, 4) is 0 Å². The fourth-order valence-corrected chi connectivity index (χ4v) is 1.92. The molecule has 0 saturated carbocycles. The van der Waals surface area contributed by atoms with E-state index in [-0.39, 0.29) is 70.3 Å². The molecule has 0 atom stereocenters. The number of carbonyl (C=O) groups is 3. The Kier molecular flexibility index (Phi) is 15.1. The van der Waals surface area contributed by atoms with Gasteiger partial charge in [-0.05, 0) is 20.3 Å². The predicted molar refractivity (Wildman–Crippen MR) is 101 cm³/mol. The van der Waals surface area contributed by atoms with Gasteiger partial charge in [-0.15, -0.1) is 29.8 Å². The Morgan fingerprint density at radius 2 is 1.62 bits per heavy atom. The summed E-state index contributed by atoms with van der Waals surface area (Å²) in [6.07, 6.45) is 1.30. The van der Waals surface area contributed by atoms with Crippen molar-refractivity contribution in [3.63, 3.8) is 0 Å². The van der Waals surface area contributed by atoms with Gasteiger partial charge in [-0.2, -0.15) is 6.42 Å². The molecule has 0 radical (unpaired) electrons. The van der Waals surface area contributed by atoms with Crippen LogP contribution in [-0.4, -0.2) is 17.3 Å². The van der Waals surface area contributed by atoms with E-state index in [9.17, 15) is 14.4 Å². The smallest absolute Gasteiger partial charge is 0.358 e. The number of ketones is 3. The van der Waals surface area contributed by atoms with E-state index in [2.05, 4.69) is 25.1 Å². The summed E-state index contributed by atoms with van der Waals surface area (Å²) in [6, 6.07) is 17.7. The summed E-state index contributed by atoms with van der Waals surface area (Å²) < 4.78 is 0. The molecule has 0 bridgehead atoms. The summed E-state index contributed by atoms with van der Waals surface area (Å²) in [6.45, 7) is 6.65. The molecule has 2 aromatic rings. The van der Waals surface area contributed by atoms with Crippen molar-refractivity contribution >= 4 is 17.3 Å². The van der Waals surface area contributed by atoms with E-state index in [1.54, 1.807) is 12.1 Å². The normalized spacial score (nSPS) is 8.88. The molecule has 2 aromatic carbocycles. The third-order valence-corrected chi connectivity index (χ3v) is 3.34. The van der Waals surface area contributed by atoms with Gasteiger partial charge in [0.05, 0.1) is 5.78 Å². The van der Waals surface area contributed by atoms with E-state index >= 15 is 0 Å². The van der Waals surface area contributed by atoms with Crippen molar-refractivity contribution in [3.05, 3.63) is 85.6 Å². The van der Waals surface area contributed by atoms with Gasteiger partial charge in [0.15, 0.2) is 0 Å². The monoisotopic (exact) mass is 426 g/mol. The Morgan fingerprint density at radius 3 is 2.08 bits per heavy atom. The van der Waals surface area contributed by atoms with Gasteiger partial charge in [0, 0.05) is 6.42 Å². The SMILES string of the molecule is CC(=O)CCC(=O)c1[c-]ccc(C(C)=O)c1.[CH2-]Cc1ccccc1.[CH3-].[Y+3]. The van der Waals surface area contributed by atoms with Crippen molar-refractivity contribution in [1.82, 2.24) is 0 Å². The molecule has 0 N–H and O–H groups in total. The van der Waals surface area contributed by atoms with Crippen LogP contribution in [0, 0.1) is 20.4 Å². The molecule has 4 heteroatoms. The van der Waals surface area contributed by atoms with Crippen LogP contribution >= 0.6 is 0 Å². The number of Topliss-reactive ketones (excluding diaryl/α,β-unsaturated/α-hetero) is 3. The molecule has 0 aliphatic carbocycles. The van der Waals surface area contributed by atoms with Gasteiger partial charge in [-0.3, -0.25) is 4.79 Å². The minimum absolute atomic E-state index is 0. The molecule has 0 aliphatic heterocycles. The van der Waals surface area contributed by atoms with Gasteiger partial charge >= 0.3 is 32.7 Å². The molecular weight excluding hydrogens is 401 g/mol. The van der Waals surface area contributed by atoms with E-state index in [1.807, 2.05) is 18.2 Å². The van der Waals surface area contributed by atoms with E-state index in [4.69, 9.17) is 0 Å². The first-order chi connectivity index (χ1) is 11.4. The molecule has 0 saturated heterocycles. The third-order valence-electron chi connectivity index (χ3n) is 3.34. The fourth-order valence-electron chi connectivity index (χ4n) is 1.92. The van der Waals surface area contributed by atoms with Crippen molar-refractivity contribution in [2.75, 3.05) is 0 Å². The Morgan fingerprint density at radius 1 is 1.00 bits per heavy atom. The molecule has 2 rings (SSSR count). The zero-order chi connectivity index (χ0) is 17.9.